The van der Waals surface area contributed by atoms with Gasteiger partial charge in [0.15, 0.2) is 0 Å². The molecule has 1 atom stereocenters. The van der Waals surface area contributed by atoms with E-state index in [1.807, 2.05) is 12.1 Å². The van der Waals surface area contributed by atoms with E-state index < -0.39 is 0 Å². The van der Waals surface area contributed by atoms with Gasteiger partial charge in [0.25, 0.3) is 5.56 Å². The molecule has 1 unspecified atom stereocenters. The van der Waals surface area contributed by atoms with Gasteiger partial charge in [-0.1, -0.05) is 17.3 Å². The van der Waals surface area contributed by atoms with Gasteiger partial charge < -0.3 is 5.73 Å². The number of hydrogen-bond donors (Lipinski definition) is 1. The SMILES string of the molecule is NC1CCCN(Cn2nnc3ccccc3c2=O)C1. The zero-order chi connectivity index (χ0) is 13.2. The number of benzene rings is 1. The second-order valence-electron chi connectivity index (χ2n) is 5.03. The maximum Gasteiger partial charge on any atom is 0.278 e. The molecule has 19 heavy (non-hydrogen) atoms. The predicted octanol–water partition coefficient (Wildman–Crippen LogP) is 0.172. The van der Waals surface area contributed by atoms with E-state index in [1.54, 1.807) is 12.1 Å². The summed E-state index contributed by atoms with van der Waals surface area (Å²) in [7, 11) is 0. The summed E-state index contributed by atoms with van der Waals surface area (Å²) in [5.41, 5.74) is 6.49. The number of nitrogens with two attached hydrogens (primary N) is 1. The molecule has 6 heteroatoms. The average molecular weight is 259 g/mol. The normalized spacial score (nSPS) is 20.8. The minimum Gasteiger partial charge on any atom is -0.327 e. The molecule has 100 valence electrons. The summed E-state index contributed by atoms with van der Waals surface area (Å²) >= 11 is 0. The fourth-order valence-electron chi connectivity index (χ4n) is 2.53. The van der Waals surface area contributed by atoms with Crippen molar-refractivity contribution < 1.29 is 0 Å². The first-order chi connectivity index (χ1) is 9.24. The summed E-state index contributed by atoms with van der Waals surface area (Å²) in [6.45, 7) is 2.22. The van der Waals surface area contributed by atoms with Crippen LogP contribution in [0.2, 0.25) is 0 Å². The van der Waals surface area contributed by atoms with Crippen molar-refractivity contribution in [1.82, 2.24) is 19.9 Å². The fourth-order valence-corrected chi connectivity index (χ4v) is 2.53. The summed E-state index contributed by atoms with van der Waals surface area (Å²) in [5, 5.41) is 8.69. The molecule has 0 aliphatic carbocycles. The summed E-state index contributed by atoms with van der Waals surface area (Å²) in [6, 6.07) is 7.46. The van der Waals surface area contributed by atoms with Gasteiger partial charge in [0, 0.05) is 19.1 Å². The van der Waals surface area contributed by atoms with E-state index in [-0.39, 0.29) is 11.6 Å². The molecule has 1 aliphatic heterocycles. The lowest BCUT2D eigenvalue weighted by Gasteiger charge is -2.30. The number of likely N-dealkylation sites (tertiary alicyclic amines) is 1. The first-order valence-corrected chi connectivity index (χ1v) is 6.54. The highest BCUT2D eigenvalue weighted by Crippen LogP contribution is 2.09. The largest absolute Gasteiger partial charge is 0.327 e. The van der Waals surface area contributed by atoms with Crippen molar-refractivity contribution in [3.8, 4) is 0 Å². The molecule has 1 aromatic heterocycles. The van der Waals surface area contributed by atoms with Crippen LogP contribution in [0.25, 0.3) is 10.9 Å². The van der Waals surface area contributed by atoms with Gasteiger partial charge in [-0.2, -0.15) is 4.68 Å². The standard InChI is InChI=1S/C13H17N5O/c14-10-4-3-7-17(8-10)9-18-13(19)11-5-1-2-6-12(11)15-16-18/h1-2,5-6,10H,3-4,7-9,14H2. The van der Waals surface area contributed by atoms with Gasteiger partial charge in [0.2, 0.25) is 0 Å². The quantitative estimate of drug-likeness (QED) is 0.832. The molecule has 1 aromatic carbocycles. The molecule has 0 amide bonds. The molecule has 2 heterocycles. The van der Waals surface area contributed by atoms with Crippen molar-refractivity contribution in [3.05, 3.63) is 34.6 Å². The zero-order valence-corrected chi connectivity index (χ0v) is 10.7. The number of nitrogens with zero attached hydrogens (tertiary/aromatic N) is 4. The van der Waals surface area contributed by atoms with E-state index in [9.17, 15) is 4.79 Å². The molecule has 0 spiro atoms. The third-order valence-electron chi connectivity index (χ3n) is 3.51. The molecule has 0 saturated carbocycles. The van der Waals surface area contributed by atoms with Gasteiger partial charge in [-0.15, -0.1) is 5.10 Å². The van der Waals surface area contributed by atoms with Crippen molar-refractivity contribution in [3.63, 3.8) is 0 Å². The molecule has 2 N–H and O–H groups in total. The van der Waals surface area contributed by atoms with E-state index in [2.05, 4.69) is 15.2 Å². The number of hydrogen-bond acceptors (Lipinski definition) is 5. The molecular formula is C13H17N5O. The predicted molar refractivity (Wildman–Crippen MR) is 72.6 cm³/mol. The molecule has 0 radical (unpaired) electrons. The van der Waals surface area contributed by atoms with E-state index in [0.29, 0.717) is 17.6 Å². The Hall–Kier alpha value is -1.79. The number of fused-ring (bicyclic) bond motifs is 1. The van der Waals surface area contributed by atoms with Crippen LogP contribution in [0.3, 0.4) is 0 Å². The van der Waals surface area contributed by atoms with Crippen LogP contribution in [0.15, 0.2) is 29.1 Å². The van der Waals surface area contributed by atoms with Gasteiger partial charge in [0.1, 0.15) is 5.52 Å². The molecule has 3 rings (SSSR count). The monoisotopic (exact) mass is 259 g/mol. The van der Waals surface area contributed by atoms with Crippen LogP contribution in [0.1, 0.15) is 12.8 Å². The Labute approximate surface area is 110 Å². The topological polar surface area (TPSA) is 77.0 Å². The van der Waals surface area contributed by atoms with Crippen molar-refractivity contribution in [2.75, 3.05) is 13.1 Å². The molecular weight excluding hydrogens is 242 g/mol. The first-order valence-electron chi connectivity index (χ1n) is 6.54. The fraction of sp³-hybridized carbons (Fsp3) is 0.462. The van der Waals surface area contributed by atoms with Crippen LogP contribution < -0.4 is 11.3 Å². The van der Waals surface area contributed by atoms with Crippen LogP contribution in [0.4, 0.5) is 0 Å². The molecule has 2 aromatic rings. The van der Waals surface area contributed by atoms with Crippen molar-refractivity contribution in [2.24, 2.45) is 5.73 Å². The molecule has 6 nitrogen and oxygen atoms in total. The lowest BCUT2D eigenvalue weighted by molar-refractivity contribution is 0.154. The van der Waals surface area contributed by atoms with E-state index >= 15 is 0 Å². The Morgan fingerprint density at radius 1 is 1.37 bits per heavy atom. The molecule has 1 aliphatic rings. The molecule has 0 bridgehead atoms. The van der Waals surface area contributed by atoms with Crippen LogP contribution in [0, 0.1) is 0 Å². The number of piperidine rings is 1. The highest BCUT2D eigenvalue weighted by molar-refractivity contribution is 5.76. The van der Waals surface area contributed by atoms with Crippen LogP contribution in [-0.2, 0) is 6.67 Å². The minimum atomic E-state index is -0.0928. The maximum absolute atomic E-state index is 12.3. The van der Waals surface area contributed by atoms with E-state index in [0.717, 1.165) is 25.9 Å². The second kappa shape index (κ2) is 5.07. The second-order valence-corrected chi connectivity index (χ2v) is 5.03. The van der Waals surface area contributed by atoms with Gasteiger partial charge in [-0.3, -0.25) is 9.69 Å². The van der Waals surface area contributed by atoms with Gasteiger partial charge >= 0.3 is 0 Å². The summed E-state index contributed by atoms with van der Waals surface area (Å²) in [4.78, 5) is 14.4. The van der Waals surface area contributed by atoms with Crippen molar-refractivity contribution in [2.45, 2.75) is 25.6 Å². The van der Waals surface area contributed by atoms with Gasteiger partial charge in [0.05, 0.1) is 12.1 Å². The number of rotatable bonds is 2. The Morgan fingerprint density at radius 2 is 2.21 bits per heavy atom. The highest BCUT2D eigenvalue weighted by atomic mass is 16.1. The van der Waals surface area contributed by atoms with Crippen LogP contribution >= 0.6 is 0 Å². The number of aromatic nitrogens is 3. The minimum absolute atomic E-state index is 0.0928. The van der Waals surface area contributed by atoms with E-state index in [4.69, 9.17) is 5.73 Å². The highest BCUT2D eigenvalue weighted by Gasteiger charge is 2.17. The van der Waals surface area contributed by atoms with Crippen LogP contribution in [-0.4, -0.2) is 39.0 Å². The van der Waals surface area contributed by atoms with E-state index in [1.165, 1.54) is 4.68 Å². The summed E-state index contributed by atoms with van der Waals surface area (Å²) < 4.78 is 1.42. The maximum atomic E-state index is 12.3. The van der Waals surface area contributed by atoms with Crippen LogP contribution in [0.5, 0.6) is 0 Å². The van der Waals surface area contributed by atoms with Gasteiger partial charge in [-0.05, 0) is 25.0 Å². The third-order valence-corrected chi connectivity index (χ3v) is 3.51. The smallest absolute Gasteiger partial charge is 0.278 e. The van der Waals surface area contributed by atoms with Crippen molar-refractivity contribution >= 4 is 10.9 Å². The zero-order valence-electron chi connectivity index (χ0n) is 10.7. The summed E-state index contributed by atoms with van der Waals surface area (Å²) in [6.07, 6.45) is 2.12. The Bertz CT molecular complexity index is 638. The third kappa shape index (κ3) is 2.50. The Balaban J connectivity index is 1.89. The lowest BCUT2D eigenvalue weighted by atomic mass is 10.1. The van der Waals surface area contributed by atoms with Gasteiger partial charge in [-0.25, -0.2) is 0 Å². The first kappa shape index (κ1) is 12.3. The Kier molecular flexibility index (Phi) is 3.27. The Morgan fingerprint density at radius 3 is 3.05 bits per heavy atom. The summed E-state index contributed by atoms with van der Waals surface area (Å²) in [5.74, 6) is 0. The van der Waals surface area contributed by atoms with Crippen molar-refractivity contribution in [1.29, 1.82) is 0 Å². The molecule has 1 saturated heterocycles. The average Bonchev–Trinajstić information content (AvgIpc) is 2.42. The lowest BCUT2D eigenvalue weighted by Crippen LogP contribution is -2.45. The molecule has 1 fully saturated rings.